The molecule has 0 atom stereocenters. The summed E-state index contributed by atoms with van der Waals surface area (Å²) in [4.78, 5) is 19.8. The summed E-state index contributed by atoms with van der Waals surface area (Å²) in [6.07, 6.45) is 3.55. The van der Waals surface area contributed by atoms with E-state index in [9.17, 15) is 9.59 Å². The number of carbonyl (C=O) groups excluding carboxylic acids is 2. The van der Waals surface area contributed by atoms with Crippen LogP contribution in [0.25, 0.3) is 0 Å². The first-order chi connectivity index (χ1) is 7.86. The number of rotatable bonds is 2. The second-order valence-electron chi connectivity index (χ2n) is 2.94. The fraction of sp³-hybridized carbons (Fsp3) is 0. The summed E-state index contributed by atoms with van der Waals surface area (Å²) < 4.78 is 0. The molecule has 0 saturated carbocycles. The van der Waals surface area contributed by atoms with E-state index in [4.69, 9.17) is 0 Å². The third-order valence-electron chi connectivity index (χ3n) is 1.78. The van der Waals surface area contributed by atoms with E-state index in [-0.39, 0.29) is 56.8 Å². The van der Waals surface area contributed by atoms with Gasteiger partial charge in [-0.05, 0) is 0 Å². The summed E-state index contributed by atoms with van der Waals surface area (Å²) in [5, 5.41) is 0. The molecule has 0 spiro atoms. The first kappa shape index (κ1) is 19.7. The van der Waals surface area contributed by atoms with Crippen molar-refractivity contribution < 1.29 is 59.0 Å². The first-order valence-electron chi connectivity index (χ1n) is 4.73. The van der Waals surface area contributed by atoms with E-state index in [1.165, 1.54) is 0 Å². The summed E-state index contributed by atoms with van der Waals surface area (Å²) in [6.45, 7) is 0. The smallest absolute Gasteiger partial charge is 0.376 e. The maximum absolute atomic E-state index is 9.88. The van der Waals surface area contributed by atoms with E-state index in [1.807, 2.05) is 12.1 Å². The van der Waals surface area contributed by atoms with Crippen molar-refractivity contribution in [3.8, 4) is 0 Å². The zero-order valence-electron chi connectivity index (χ0n) is 9.97. The third kappa shape index (κ3) is 8.45. The largest absolute Gasteiger partial charge is 3.00 e. The maximum atomic E-state index is 9.88. The van der Waals surface area contributed by atoms with Gasteiger partial charge in [-0.15, -0.1) is 24.3 Å². The van der Waals surface area contributed by atoms with Crippen LogP contribution in [0.4, 0.5) is 0 Å². The van der Waals surface area contributed by atoms with Crippen LogP contribution in [0, 0.1) is 56.8 Å². The summed E-state index contributed by atoms with van der Waals surface area (Å²) in [6, 6.07) is 17.8. The van der Waals surface area contributed by atoms with Crippen LogP contribution in [0.5, 0.6) is 0 Å². The zero-order valence-corrected chi connectivity index (χ0v) is 12.4. The van der Waals surface area contributed by atoms with Crippen LogP contribution >= 0.6 is 0 Å². The topological polar surface area (TPSA) is 34.1 Å². The Hall–Kier alpha value is -0.636. The molecule has 0 saturated heterocycles. The molecule has 0 bridgehead atoms. The molecule has 0 aliphatic heterocycles. The van der Waals surface area contributed by atoms with Gasteiger partial charge in [0.1, 0.15) is 0 Å². The molecule has 0 aromatic heterocycles. The van der Waals surface area contributed by atoms with Crippen LogP contribution in [0.2, 0.25) is 0 Å². The van der Waals surface area contributed by atoms with Gasteiger partial charge in [0.15, 0.2) is 0 Å². The molecule has 0 aliphatic rings. The van der Waals surface area contributed by atoms with Gasteiger partial charge in [-0.1, -0.05) is 12.1 Å². The van der Waals surface area contributed by atoms with Gasteiger partial charge in [-0.3, -0.25) is 0 Å². The normalized spacial score (nSPS) is 7.56. The molecular weight excluding hydrogens is 364 g/mol. The molecule has 2 aromatic carbocycles. The average Bonchev–Trinajstić information content (AvgIpc) is 2.41. The quantitative estimate of drug-likeness (QED) is 0.755. The van der Waals surface area contributed by atoms with E-state index < -0.39 is 0 Å². The Morgan fingerprint density at radius 3 is 1.06 bits per heavy atom. The maximum Gasteiger partial charge on any atom is 3.00 e. The van der Waals surface area contributed by atoms with Crippen LogP contribution in [0.3, 0.4) is 0 Å². The summed E-state index contributed by atoms with van der Waals surface area (Å²) >= 11 is 0. The van der Waals surface area contributed by atoms with E-state index in [1.54, 1.807) is 61.1 Å². The van der Waals surface area contributed by atoms with E-state index in [0.717, 1.165) is 0 Å². The van der Waals surface area contributed by atoms with E-state index in [0.29, 0.717) is 11.1 Å². The molecule has 0 fully saturated rings. The Morgan fingerprint density at radius 1 is 0.611 bits per heavy atom. The molecule has 3 heteroatoms. The van der Waals surface area contributed by atoms with Crippen molar-refractivity contribution in [1.82, 2.24) is 0 Å². The van der Waals surface area contributed by atoms with Crippen molar-refractivity contribution >= 4 is 12.6 Å². The fourth-order valence-electron chi connectivity index (χ4n) is 1.01. The van der Waals surface area contributed by atoms with Gasteiger partial charge >= 0.3 is 49.4 Å². The molecule has 0 aliphatic carbocycles. The predicted octanol–water partition coefficient (Wildman–Crippen LogP) is 2.74. The minimum atomic E-state index is 0. The monoisotopic (exact) mass is 378 g/mol. The molecule has 92 valence electrons. The second kappa shape index (κ2) is 12.8. The fourth-order valence-corrected chi connectivity index (χ4v) is 1.01. The SMILES string of the molecule is O=[C-]c1ccccc1.O=[C-]c1ccccc1.[CH3-].[Eu+3]. The Morgan fingerprint density at radius 2 is 0.889 bits per heavy atom. The van der Waals surface area contributed by atoms with E-state index in [2.05, 4.69) is 0 Å². The van der Waals surface area contributed by atoms with Crippen molar-refractivity contribution in [1.29, 1.82) is 0 Å². The molecule has 0 radical (unpaired) electrons. The van der Waals surface area contributed by atoms with Crippen molar-refractivity contribution in [2.75, 3.05) is 0 Å². The van der Waals surface area contributed by atoms with Gasteiger partial charge in [0.25, 0.3) is 0 Å². The average molecular weight is 377 g/mol. The molecule has 2 nitrogen and oxygen atoms in total. The number of hydrogen-bond donors (Lipinski definition) is 0. The minimum absolute atomic E-state index is 0. The third-order valence-corrected chi connectivity index (χ3v) is 1.78. The molecule has 0 N–H and O–H groups in total. The van der Waals surface area contributed by atoms with Crippen molar-refractivity contribution in [3.05, 3.63) is 79.2 Å². The standard InChI is InChI=1S/2C7H5O.CH3.Eu/c2*8-6-7-4-2-1-3-5-7;;/h2*1-5H;1H3;/q3*-1;+3. The van der Waals surface area contributed by atoms with Crippen LogP contribution in [-0.2, 0) is 9.59 Å². The summed E-state index contributed by atoms with van der Waals surface area (Å²) in [5.74, 6) is 0. The van der Waals surface area contributed by atoms with Gasteiger partial charge in [-0.2, -0.15) is 35.4 Å². The van der Waals surface area contributed by atoms with Gasteiger partial charge < -0.3 is 17.0 Å². The van der Waals surface area contributed by atoms with Crippen LogP contribution in [0.15, 0.2) is 60.7 Å². The zero-order chi connectivity index (χ0) is 11.6. The predicted molar refractivity (Wildman–Crippen MR) is 68.9 cm³/mol. The number of benzene rings is 2. The Labute approximate surface area is 149 Å². The Balaban J connectivity index is 0. The Bertz CT molecular complexity index is 383. The molecule has 0 unspecified atom stereocenters. The van der Waals surface area contributed by atoms with Crippen molar-refractivity contribution in [3.63, 3.8) is 0 Å². The number of hydrogen-bond acceptors (Lipinski definition) is 2. The van der Waals surface area contributed by atoms with Crippen LogP contribution in [-0.4, -0.2) is 12.6 Å². The molecular formula is C15H13EuO2. The second-order valence-corrected chi connectivity index (χ2v) is 2.94. The molecule has 0 amide bonds. The van der Waals surface area contributed by atoms with Gasteiger partial charge in [0.05, 0.1) is 12.6 Å². The van der Waals surface area contributed by atoms with Crippen molar-refractivity contribution in [2.45, 2.75) is 0 Å². The molecule has 18 heavy (non-hydrogen) atoms. The van der Waals surface area contributed by atoms with Crippen molar-refractivity contribution in [2.24, 2.45) is 0 Å². The first-order valence-corrected chi connectivity index (χ1v) is 4.73. The van der Waals surface area contributed by atoms with E-state index >= 15 is 0 Å². The Kier molecular flexibility index (Phi) is 14.0. The summed E-state index contributed by atoms with van der Waals surface area (Å²) in [7, 11) is 0. The molecule has 2 aromatic rings. The summed E-state index contributed by atoms with van der Waals surface area (Å²) in [5.41, 5.74) is 1.21. The minimum Gasteiger partial charge on any atom is -0.376 e. The van der Waals surface area contributed by atoms with Crippen LogP contribution in [0.1, 0.15) is 11.1 Å². The van der Waals surface area contributed by atoms with Crippen LogP contribution < -0.4 is 0 Å². The van der Waals surface area contributed by atoms with Gasteiger partial charge in [-0.25, -0.2) is 0 Å². The molecule has 0 heterocycles. The van der Waals surface area contributed by atoms with Gasteiger partial charge in [0, 0.05) is 0 Å². The molecule has 2 rings (SSSR count). The van der Waals surface area contributed by atoms with Gasteiger partial charge in [0.2, 0.25) is 0 Å².